The van der Waals surface area contributed by atoms with E-state index in [2.05, 4.69) is 20.9 Å². The third-order valence-electron chi connectivity index (χ3n) is 2.59. The van der Waals surface area contributed by atoms with Crippen LogP contribution in [0.1, 0.15) is 24.2 Å². The SMILES string of the molecule is Cc1cc(Br)ccc1Oc1cc([C@@H](C)O)ccn1. The highest BCUT2D eigenvalue weighted by atomic mass is 79.9. The Morgan fingerprint density at radius 1 is 1.28 bits per heavy atom. The molecule has 4 heteroatoms. The fraction of sp³-hybridized carbons (Fsp3) is 0.214. The zero-order valence-corrected chi connectivity index (χ0v) is 11.8. The first-order chi connectivity index (χ1) is 8.56. The number of nitrogens with zero attached hydrogens (tertiary/aromatic N) is 1. The zero-order chi connectivity index (χ0) is 13.1. The minimum absolute atomic E-state index is 0.485. The summed E-state index contributed by atoms with van der Waals surface area (Å²) in [5, 5.41) is 9.52. The van der Waals surface area contributed by atoms with Gasteiger partial charge >= 0.3 is 0 Å². The Labute approximate surface area is 115 Å². The van der Waals surface area contributed by atoms with Crippen molar-refractivity contribution in [3.63, 3.8) is 0 Å². The van der Waals surface area contributed by atoms with Crippen molar-refractivity contribution in [2.45, 2.75) is 20.0 Å². The zero-order valence-electron chi connectivity index (χ0n) is 10.2. The van der Waals surface area contributed by atoms with Gasteiger partial charge in [-0.1, -0.05) is 15.9 Å². The lowest BCUT2D eigenvalue weighted by Gasteiger charge is -2.10. The number of aromatic nitrogens is 1. The number of aliphatic hydroxyl groups excluding tert-OH is 1. The van der Waals surface area contributed by atoms with E-state index in [0.29, 0.717) is 5.88 Å². The predicted molar refractivity (Wildman–Crippen MR) is 73.8 cm³/mol. The summed E-state index contributed by atoms with van der Waals surface area (Å²) in [5.74, 6) is 1.24. The van der Waals surface area contributed by atoms with Crippen molar-refractivity contribution >= 4 is 15.9 Å². The number of aliphatic hydroxyl groups is 1. The maximum absolute atomic E-state index is 9.52. The summed E-state index contributed by atoms with van der Waals surface area (Å²) in [4.78, 5) is 4.14. The Hall–Kier alpha value is -1.39. The van der Waals surface area contributed by atoms with Gasteiger partial charge in [0.1, 0.15) is 5.75 Å². The molecule has 0 fully saturated rings. The van der Waals surface area contributed by atoms with Crippen LogP contribution in [-0.4, -0.2) is 10.1 Å². The van der Waals surface area contributed by atoms with E-state index in [0.717, 1.165) is 21.3 Å². The van der Waals surface area contributed by atoms with Crippen LogP contribution in [0, 0.1) is 6.92 Å². The van der Waals surface area contributed by atoms with Gasteiger partial charge in [-0.3, -0.25) is 0 Å². The molecule has 0 amide bonds. The number of benzene rings is 1. The molecular weight excluding hydrogens is 294 g/mol. The summed E-state index contributed by atoms with van der Waals surface area (Å²) < 4.78 is 6.72. The molecule has 3 nitrogen and oxygen atoms in total. The first-order valence-corrected chi connectivity index (χ1v) is 6.43. The van der Waals surface area contributed by atoms with E-state index in [1.807, 2.05) is 25.1 Å². The number of halogens is 1. The van der Waals surface area contributed by atoms with Gasteiger partial charge in [0.2, 0.25) is 5.88 Å². The fourth-order valence-corrected chi connectivity index (χ4v) is 2.06. The van der Waals surface area contributed by atoms with Gasteiger partial charge in [-0.25, -0.2) is 4.98 Å². The van der Waals surface area contributed by atoms with E-state index >= 15 is 0 Å². The topological polar surface area (TPSA) is 42.4 Å². The summed E-state index contributed by atoms with van der Waals surface area (Å²) in [6.07, 6.45) is 1.10. The van der Waals surface area contributed by atoms with Crippen LogP contribution in [0.15, 0.2) is 41.0 Å². The molecule has 1 aromatic heterocycles. The number of hydrogen-bond donors (Lipinski definition) is 1. The molecule has 1 N–H and O–H groups in total. The van der Waals surface area contributed by atoms with Crippen LogP contribution in [0.3, 0.4) is 0 Å². The lowest BCUT2D eigenvalue weighted by molar-refractivity contribution is 0.198. The standard InChI is InChI=1S/C14H14BrNO2/c1-9-7-12(15)3-4-13(9)18-14-8-11(10(2)17)5-6-16-14/h3-8,10,17H,1-2H3/t10-/m1/s1. The molecule has 0 spiro atoms. The Morgan fingerprint density at radius 2 is 2.06 bits per heavy atom. The van der Waals surface area contributed by atoms with Crippen LogP contribution in [0.25, 0.3) is 0 Å². The van der Waals surface area contributed by atoms with Crippen LogP contribution in [0.5, 0.6) is 11.6 Å². The Balaban J connectivity index is 2.25. The van der Waals surface area contributed by atoms with Gasteiger partial charge in [0, 0.05) is 16.7 Å². The molecule has 18 heavy (non-hydrogen) atoms. The fourth-order valence-electron chi connectivity index (χ4n) is 1.58. The first-order valence-electron chi connectivity index (χ1n) is 5.64. The van der Waals surface area contributed by atoms with Gasteiger partial charge < -0.3 is 9.84 Å². The Bertz CT molecular complexity index is 555. The van der Waals surface area contributed by atoms with Crippen molar-refractivity contribution in [1.82, 2.24) is 4.98 Å². The van der Waals surface area contributed by atoms with E-state index in [1.165, 1.54) is 0 Å². The monoisotopic (exact) mass is 307 g/mol. The molecule has 0 unspecified atom stereocenters. The van der Waals surface area contributed by atoms with Crippen LogP contribution in [-0.2, 0) is 0 Å². The highest BCUT2D eigenvalue weighted by Crippen LogP contribution is 2.27. The van der Waals surface area contributed by atoms with Crippen molar-refractivity contribution in [2.75, 3.05) is 0 Å². The van der Waals surface area contributed by atoms with E-state index in [-0.39, 0.29) is 0 Å². The van der Waals surface area contributed by atoms with Crippen molar-refractivity contribution in [1.29, 1.82) is 0 Å². The maximum Gasteiger partial charge on any atom is 0.219 e. The Morgan fingerprint density at radius 3 is 2.72 bits per heavy atom. The molecule has 0 radical (unpaired) electrons. The molecule has 2 rings (SSSR count). The van der Waals surface area contributed by atoms with Gasteiger partial charge in [0.05, 0.1) is 6.10 Å². The van der Waals surface area contributed by atoms with Crippen molar-refractivity contribution in [3.05, 3.63) is 52.1 Å². The minimum atomic E-state index is -0.527. The molecule has 94 valence electrons. The van der Waals surface area contributed by atoms with Crippen molar-refractivity contribution in [2.24, 2.45) is 0 Å². The highest BCUT2D eigenvalue weighted by molar-refractivity contribution is 9.10. The molecule has 0 saturated carbocycles. The largest absolute Gasteiger partial charge is 0.439 e. The molecule has 0 bridgehead atoms. The van der Waals surface area contributed by atoms with Crippen LogP contribution in [0.2, 0.25) is 0 Å². The molecule has 0 aliphatic heterocycles. The predicted octanol–water partition coefficient (Wildman–Crippen LogP) is 4.00. The van der Waals surface area contributed by atoms with Gasteiger partial charge in [-0.05, 0) is 49.2 Å². The first kappa shape index (κ1) is 13.1. The lowest BCUT2D eigenvalue weighted by Crippen LogP contribution is -1.95. The second-order valence-corrected chi connectivity index (χ2v) is 5.03. The number of pyridine rings is 1. The summed E-state index contributed by atoms with van der Waals surface area (Å²) in [7, 11) is 0. The summed E-state index contributed by atoms with van der Waals surface area (Å²) in [5.41, 5.74) is 1.81. The van der Waals surface area contributed by atoms with E-state index in [1.54, 1.807) is 25.3 Å². The van der Waals surface area contributed by atoms with Gasteiger partial charge in [0.15, 0.2) is 0 Å². The molecular formula is C14H14BrNO2. The van der Waals surface area contributed by atoms with Crippen molar-refractivity contribution < 1.29 is 9.84 Å². The smallest absolute Gasteiger partial charge is 0.219 e. The second-order valence-electron chi connectivity index (χ2n) is 4.12. The molecule has 0 aliphatic rings. The van der Waals surface area contributed by atoms with Crippen LogP contribution in [0.4, 0.5) is 0 Å². The normalized spacial score (nSPS) is 12.2. The molecule has 1 aromatic carbocycles. The number of aryl methyl sites for hydroxylation is 1. The van der Waals surface area contributed by atoms with E-state index in [4.69, 9.17) is 4.74 Å². The van der Waals surface area contributed by atoms with Crippen LogP contribution < -0.4 is 4.74 Å². The average Bonchev–Trinajstić information content (AvgIpc) is 2.33. The molecule has 1 heterocycles. The molecule has 0 aliphatic carbocycles. The molecule has 2 aromatic rings. The van der Waals surface area contributed by atoms with E-state index < -0.39 is 6.10 Å². The number of rotatable bonds is 3. The lowest BCUT2D eigenvalue weighted by atomic mass is 10.2. The van der Waals surface area contributed by atoms with Crippen LogP contribution >= 0.6 is 15.9 Å². The minimum Gasteiger partial charge on any atom is -0.439 e. The number of hydrogen-bond acceptors (Lipinski definition) is 3. The number of ether oxygens (including phenoxy) is 1. The third-order valence-corrected chi connectivity index (χ3v) is 3.09. The molecule has 1 atom stereocenters. The van der Waals surface area contributed by atoms with Gasteiger partial charge in [0.25, 0.3) is 0 Å². The summed E-state index contributed by atoms with van der Waals surface area (Å²) in [6, 6.07) is 9.29. The second kappa shape index (κ2) is 5.50. The van der Waals surface area contributed by atoms with Crippen molar-refractivity contribution in [3.8, 4) is 11.6 Å². The average molecular weight is 308 g/mol. The third kappa shape index (κ3) is 3.09. The maximum atomic E-state index is 9.52. The Kier molecular flexibility index (Phi) is 3.99. The van der Waals surface area contributed by atoms with Gasteiger partial charge in [-0.15, -0.1) is 0 Å². The highest BCUT2D eigenvalue weighted by Gasteiger charge is 2.06. The summed E-state index contributed by atoms with van der Waals surface area (Å²) in [6.45, 7) is 3.68. The van der Waals surface area contributed by atoms with Gasteiger partial charge in [-0.2, -0.15) is 0 Å². The summed E-state index contributed by atoms with van der Waals surface area (Å²) >= 11 is 3.41. The quantitative estimate of drug-likeness (QED) is 0.932. The molecule has 0 saturated heterocycles. The van der Waals surface area contributed by atoms with E-state index in [9.17, 15) is 5.11 Å².